The molecule has 0 spiro atoms. The van der Waals surface area contributed by atoms with Crippen molar-refractivity contribution in [2.24, 2.45) is 0 Å². The molecule has 2 saturated heterocycles. The van der Waals surface area contributed by atoms with Crippen molar-refractivity contribution in [3.05, 3.63) is 22.4 Å². The van der Waals surface area contributed by atoms with Gasteiger partial charge in [-0.3, -0.25) is 9.59 Å². The van der Waals surface area contributed by atoms with E-state index in [4.69, 9.17) is 0 Å². The molecule has 0 aromatic carbocycles. The first kappa shape index (κ1) is 16.5. The minimum absolute atomic E-state index is 0. The van der Waals surface area contributed by atoms with E-state index in [2.05, 4.69) is 10.6 Å². The van der Waals surface area contributed by atoms with Gasteiger partial charge in [0.1, 0.15) is 0 Å². The normalized spacial score (nSPS) is 27.0. The highest BCUT2D eigenvalue weighted by atomic mass is 35.5. The largest absolute Gasteiger partial charge is 0.353 e. The average Bonchev–Trinajstić information content (AvgIpc) is 3.06. The number of hydrogen-bond donors (Lipinski definition) is 2. The van der Waals surface area contributed by atoms with Crippen LogP contribution in [0.4, 0.5) is 0 Å². The van der Waals surface area contributed by atoms with Gasteiger partial charge in [0.25, 0.3) is 0 Å². The summed E-state index contributed by atoms with van der Waals surface area (Å²) in [5, 5.41) is 8.54. The van der Waals surface area contributed by atoms with E-state index in [1.54, 1.807) is 0 Å². The molecule has 3 rings (SSSR count). The van der Waals surface area contributed by atoms with Crippen LogP contribution in [0.3, 0.4) is 0 Å². The van der Waals surface area contributed by atoms with Gasteiger partial charge in [-0.1, -0.05) is 6.07 Å². The predicted octanol–water partition coefficient (Wildman–Crippen LogP) is 2.53. The van der Waals surface area contributed by atoms with Crippen LogP contribution in [0.5, 0.6) is 0 Å². The Morgan fingerprint density at radius 2 is 1.95 bits per heavy atom. The van der Waals surface area contributed by atoms with Crippen LogP contribution in [0.25, 0.3) is 0 Å². The number of halogens is 1. The molecule has 2 aliphatic heterocycles. The van der Waals surface area contributed by atoms with E-state index in [0.717, 1.165) is 17.7 Å². The van der Waals surface area contributed by atoms with Gasteiger partial charge in [0.2, 0.25) is 5.91 Å². The van der Waals surface area contributed by atoms with E-state index in [9.17, 15) is 9.59 Å². The molecule has 1 aromatic heterocycles. The zero-order chi connectivity index (χ0) is 13.9. The van der Waals surface area contributed by atoms with Crippen LogP contribution in [-0.4, -0.2) is 29.8 Å². The predicted molar refractivity (Wildman–Crippen MR) is 86.2 cm³/mol. The number of fused-ring (bicyclic) bond motifs is 2. The first-order chi connectivity index (χ1) is 9.70. The van der Waals surface area contributed by atoms with Crippen LogP contribution < -0.4 is 10.6 Å². The molecule has 0 radical (unpaired) electrons. The molecule has 0 aliphatic carbocycles. The topological polar surface area (TPSA) is 58.2 Å². The highest BCUT2D eigenvalue weighted by Gasteiger charge is 2.33. The van der Waals surface area contributed by atoms with E-state index in [-0.39, 0.29) is 30.1 Å². The van der Waals surface area contributed by atoms with Crippen LogP contribution in [-0.2, 0) is 4.79 Å². The van der Waals surface area contributed by atoms with Crippen molar-refractivity contribution in [3.8, 4) is 0 Å². The maximum absolute atomic E-state index is 11.9. The summed E-state index contributed by atoms with van der Waals surface area (Å²) in [6.45, 7) is 0. The third kappa shape index (κ3) is 4.28. The second-order valence-corrected chi connectivity index (χ2v) is 6.72. The Bertz CT molecular complexity index is 480. The van der Waals surface area contributed by atoms with Gasteiger partial charge in [0.05, 0.1) is 4.88 Å². The number of Topliss-reactive ketones (excluding diaryl/α,β-unsaturated/α-hetero) is 1. The van der Waals surface area contributed by atoms with Crippen LogP contribution >= 0.6 is 23.7 Å². The molecule has 6 heteroatoms. The fraction of sp³-hybridized carbons (Fsp3) is 0.600. The molecule has 2 fully saturated rings. The van der Waals surface area contributed by atoms with E-state index in [1.807, 2.05) is 17.5 Å². The Labute approximate surface area is 135 Å². The number of carbonyl (C=O) groups excluding carboxylic acids is 2. The van der Waals surface area contributed by atoms with Crippen molar-refractivity contribution < 1.29 is 9.59 Å². The summed E-state index contributed by atoms with van der Waals surface area (Å²) in [4.78, 5) is 24.5. The number of thiophene rings is 1. The summed E-state index contributed by atoms with van der Waals surface area (Å²) in [6.07, 6.45) is 5.13. The SMILES string of the molecule is Cl.O=C(CCC(=O)c1cccs1)NC1CC2CCC(C1)N2. The summed E-state index contributed by atoms with van der Waals surface area (Å²) in [5.74, 6) is 0.0849. The standard InChI is InChI=1S/C15H20N2O2S.ClH/c18-13(14-2-1-7-20-14)5-6-15(19)17-12-8-10-3-4-11(9-12)16-10;/h1-2,7,10-12,16H,3-6,8-9H2,(H,17,19);1H. The highest BCUT2D eigenvalue weighted by Crippen LogP contribution is 2.26. The Kier molecular flexibility index (Phi) is 5.79. The van der Waals surface area contributed by atoms with E-state index < -0.39 is 0 Å². The van der Waals surface area contributed by atoms with E-state index in [1.165, 1.54) is 24.2 Å². The fourth-order valence-electron chi connectivity index (χ4n) is 3.26. The fourth-order valence-corrected chi connectivity index (χ4v) is 3.96. The minimum Gasteiger partial charge on any atom is -0.353 e. The lowest BCUT2D eigenvalue weighted by Gasteiger charge is -2.29. The second-order valence-electron chi connectivity index (χ2n) is 5.77. The zero-order valence-corrected chi connectivity index (χ0v) is 13.5. The molecular formula is C15H21ClN2O2S. The molecule has 116 valence electrons. The number of amides is 1. The first-order valence-corrected chi connectivity index (χ1v) is 8.21. The third-order valence-corrected chi connectivity index (χ3v) is 5.12. The summed E-state index contributed by atoms with van der Waals surface area (Å²) >= 11 is 1.44. The molecule has 21 heavy (non-hydrogen) atoms. The van der Waals surface area contributed by atoms with Crippen LogP contribution in [0.1, 0.15) is 48.2 Å². The molecule has 2 atom stereocenters. The molecule has 3 heterocycles. The van der Waals surface area contributed by atoms with Crippen molar-refractivity contribution in [1.29, 1.82) is 0 Å². The van der Waals surface area contributed by atoms with Gasteiger partial charge in [0, 0.05) is 31.0 Å². The van der Waals surface area contributed by atoms with Gasteiger partial charge in [-0.25, -0.2) is 0 Å². The van der Waals surface area contributed by atoms with Crippen LogP contribution in [0, 0.1) is 0 Å². The number of piperidine rings is 1. The Morgan fingerprint density at radius 1 is 1.24 bits per heavy atom. The Balaban J connectivity index is 0.00000161. The number of ketones is 1. The maximum atomic E-state index is 11.9. The summed E-state index contributed by atoms with van der Waals surface area (Å²) in [6, 6.07) is 5.12. The summed E-state index contributed by atoms with van der Waals surface area (Å²) in [5.41, 5.74) is 0. The molecular weight excluding hydrogens is 308 g/mol. The lowest BCUT2D eigenvalue weighted by atomic mass is 9.99. The van der Waals surface area contributed by atoms with Crippen molar-refractivity contribution in [2.75, 3.05) is 0 Å². The van der Waals surface area contributed by atoms with E-state index in [0.29, 0.717) is 24.9 Å². The van der Waals surface area contributed by atoms with Crippen molar-refractivity contribution in [1.82, 2.24) is 10.6 Å². The second kappa shape index (κ2) is 7.38. The smallest absolute Gasteiger partial charge is 0.220 e. The molecule has 0 saturated carbocycles. The van der Waals surface area contributed by atoms with Crippen molar-refractivity contribution >= 4 is 35.4 Å². The Morgan fingerprint density at radius 3 is 2.57 bits per heavy atom. The number of carbonyl (C=O) groups is 2. The van der Waals surface area contributed by atoms with Gasteiger partial charge < -0.3 is 10.6 Å². The molecule has 2 bridgehead atoms. The van der Waals surface area contributed by atoms with Gasteiger partial charge >= 0.3 is 0 Å². The van der Waals surface area contributed by atoms with Crippen molar-refractivity contribution in [2.45, 2.75) is 56.7 Å². The van der Waals surface area contributed by atoms with Crippen molar-refractivity contribution in [3.63, 3.8) is 0 Å². The van der Waals surface area contributed by atoms with Gasteiger partial charge in [0.15, 0.2) is 5.78 Å². The highest BCUT2D eigenvalue weighted by molar-refractivity contribution is 7.12. The van der Waals surface area contributed by atoms with Gasteiger partial charge in [-0.05, 0) is 37.1 Å². The van der Waals surface area contributed by atoms with Gasteiger partial charge in [-0.15, -0.1) is 23.7 Å². The molecule has 2 unspecified atom stereocenters. The van der Waals surface area contributed by atoms with Gasteiger partial charge in [-0.2, -0.15) is 0 Å². The number of hydrogen-bond acceptors (Lipinski definition) is 4. The maximum Gasteiger partial charge on any atom is 0.220 e. The lowest BCUT2D eigenvalue weighted by Crippen LogP contribution is -2.48. The van der Waals surface area contributed by atoms with Crippen LogP contribution in [0.15, 0.2) is 17.5 Å². The third-order valence-electron chi connectivity index (χ3n) is 4.21. The van der Waals surface area contributed by atoms with E-state index >= 15 is 0 Å². The first-order valence-electron chi connectivity index (χ1n) is 7.33. The number of nitrogens with one attached hydrogen (secondary N) is 2. The average molecular weight is 329 g/mol. The molecule has 1 aromatic rings. The lowest BCUT2D eigenvalue weighted by molar-refractivity contribution is -0.122. The minimum atomic E-state index is 0. The molecule has 2 N–H and O–H groups in total. The summed E-state index contributed by atoms with van der Waals surface area (Å²) < 4.78 is 0. The number of rotatable bonds is 5. The summed E-state index contributed by atoms with van der Waals surface area (Å²) in [7, 11) is 0. The quantitative estimate of drug-likeness (QED) is 0.817. The molecule has 2 aliphatic rings. The molecule has 4 nitrogen and oxygen atoms in total. The monoisotopic (exact) mass is 328 g/mol. The molecule has 1 amide bonds. The zero-order valence-electron chi connectivity index (χ0n) is 11.8. The van der Waals surface area contributed by atoms with Crippen LogP contribution in [0.2, 0.25) is 0 Å². The Hall–Kier alpha value is -0.910.